The van der Waals surface area contributed by atoms with E-state index in [9.17, 15) is 23.7 Å². The number of piperidine rings is 1. The van der Waals surface area contributed by atoms with Gasteiger partial charge in [-0.2, -0.15) is 0 Å². The molecule has 1 aromatic rings. The van der Waals surface area contributed by atoms with Crippen molar-refractivity contribution < 1.29 is 18.5 Å². The fourth-order valence-electron chi connectivity index (χ4n) is 2.44. The zero-order chi connectivity index (χ0) is 15.6. The molecule has 8 heteroatoms. The number of amides is 1. The third kappa shape index (κ3) is 3.20. The molecule has 1 atom stereocenters. The second kappa shape index (κ2) is 6.46. The summed E-state index contributed by atoms with van der Waals surface area (Å²) >= 11 is 3.30. The first-order chi connectivity index (χ1) is 9.95. The summed E-state index contributed by atoms with van der Waals surface area (Å²) < 4.78 is 26.5. The smallest absolute Gasteiger partial charge is 0.285 e. The number of benzene rings is 1. The summed E-state index contributed by atoms with van der Waals surface area (Å²) in [5, 5.41) is 11.5. The molecule has 114 valence electrons. The number of hydrogen-bond donors (Lipinski definition) is 0. The minimum absolute atomic E-state index is 0.0982. The van der Waals surface area contributed by atoms with Crippen LogP contribution in [0.4, 0.5) is 14.5 Å². The Bertz CT molecular complexity index is 583. The van der Waals surface area contributed by atoms with E-state index in [-0.39, 0.29) is 6.04 Å². The number of alkyl halides is 1. The number of likely N-dealkylation sites (tertiary alicyclic amines) is 1. The van der Waals surface area contributed by atoms with E-state index in [4.69, 9.17) is 0 Å². The quantitative estimate of drug-likeness (QED) is 0.471. The highest BCUT2D eigenvalue weighted by Gasteiger charge is 2.32. The van der Waals surface area contributed by atoms with E-state index in [0.717, 1.165) is 19.3 Å². The number of halogens is 3. The van der Waals surface area contributed by atoms with Gasteiger partial charge in [-0.05, 0) is 25.3 Å². The van der Waals surface area contributed by atoms with Crippen LogP contribution in [0.3, 0.4) is 0 Å². The molecule has 0 aliphatic carbocycles. The second-order valence-corrected chi connectivity index (χ2v) is 5.49. The molecule has 0 saturated carbocycles. The highest BCUT2D eigenvalue weighted by molar-refractivity contribution is 9.09. The van der Waals surface area contributed by atoms with E-state index in [1.54, 1.807) is 0 Å². The van der Waals surface area contributed by atoms with Gasteiger partial charge < -0.3 is 4.90 Å². The molecule has 0 bridgehead atoms. The van der Waals surface area contributed by atoms with Crippen molar-refractivity contribution in [3.8, 4) is 0 Å². The number of nitro groups is 1. The van der Waals surface area contributed by atoms with Gasteiger partial charge in [-0.15, -0.1) is 0 Å². The van der Waals surface area contributed by atoms with Crippen LogP contribution in [0.5, 0.6) is 0 Å². The van der Waals surface area contributed by atoms with Crippen molar-refractivity contribution in [1.82, 2.24) is 4.90 Å². The van der Waals surface area contributed by atoms with Gasteiger partial charge in [0.25, 0.3) is 11.6 Å². The summed E-state index contributed by atoms with van der Waals surface area (Å²) in [6.45, 7) is 0.450. The number of hydrogen-bond acceptors (Lipinski definition) is 3. The van der Waals surface area contributed by atoms with E-state index in [2.05, 4.69) is 15.9 Å². The summed E-state index contributed by atoms with van der Waals surface area (Å²) in [7, 11) is 0. The maximum atomic E-state index is 13.4. The number of nitro benzene ring substituents is 1. The van der Waals surface area contributed by atoms with Gasteiger partial charge in [-0.25, -0.2) is 8.78 Å². The molecule has 2 rings (SSSR count). The van der Waals surface area contributed by atoms with Crippen LogP contribution in [0.15, 0.2) is 12.1 Å². The molecule has 5 nitrogen and oxygen atoms in total. The van der Waals surface area contributed by atoms with Crippen LogP contribution in [-0.4, -0.2) is 33.6 Å². The van der Waals surface area contributed by atoms with Crippen LogP contribution in [-0.2, 0) is 0 Å². The van der Waals surface area contributed by atoms with Crippen molar-refractivity contribution >= 4 is 27.5 Å². The van der Waals surface area contributed by atoms with Crippen molar-refractivity contribution in [3.63, 3.8) is 0 Å². The predicted octanol–water partition coefficient (Wildman–Crippen LogP) is 3.26. The van der Waals surface area contributed by atoms with Crippen LogP contribution < -0.4 is 0 Å². The molecule has 0 aromatic heterocycles. The fourth-order valence-corrected chi connectivity index (χ4v) is 3.12. The summed E-state index contributed by atoms with van der Waals surface area (Å²) in [4.78, 5) is 24.0. The zero-order valence-electron chi connectivity index (χ0n) is 11.0. The molecule has 1 fully saturated rings. The van der Waals surface area contributed by atoms with Crippen molar-refractivity contribution in [2.75, 3.05) is 11.9 Å². The largest absolute Gasteiger partial charge is 0.335 e. The molecule has 1 aliphatic rings. The van der Waals surface area contributed by atoms with Crippen molar-refractivity contribution in [2.24, 2.45) is 0 Å². The lowest BCUT2D eigenvalue weighted by molar-refractivity contribution is -0.385. The van der Waals surface area contributed by atoms with E-state index < -0.39 is 33.7 Å². The minimum Gasteiger partial charge on any atom is -0.335 e. The molecule has 1 aromatic carbocycles. The van der Waals surface area contributed by atoms with Crippen LogP contribution in [0.1, 0.15) is 29.6 Å². The molecule has 1 amide bonds. The maximum Gasteiger partial charge on any atom is 0.285 e. The van der Waals surface area contributed by atoms with Gasteiger partial charge in [0, 0.05) is 17.9 Å². The van der Waals surface area contributed by atoms with Gasteiger partial charge in [0.1, 0.15) is 5.56 Å². The van der Waals surface area contributed by atoms with E-state index in [1.165, 1.54) is 4.90 Å². The van der Waals surface area contributed by atoms with Crippen molar-refractivity contribution in [2.45, 2.75) is 25.3 Å². The first kappa shape index (κ1) is 15.8. The van der Waals surface area contributed by atoms with Gasteiger partial charge in [-0.1, -0.05) is 15.9 Å². The normalized spacial score (nSPS) is 18.6. The maximum absolute atomic E-state index is 13.4. The molecular formula is C13H13BrF2N2O3. The Labute approximate surface area is 128 Å². The summed E-state index contributed by atoms with van der Waals surface area (Å²) in [6, 6.07) is 0.963. The Morgan fingerprint density at radius 1 is 1.38 bits per heavy atom. The van der Waals surface area contributed by atoms with Gasteiger partial charge in [0.05, 0.1) is 11.0 Å². The van der Waals surface area contributed by atoms with Gasteiger partial charge in [0.2, 0.25) is 0 Å². The van der Waals surface area contributed by atoms with Crippen LogP contribution >= 0.6 is 15.9 Å². The Balaban J connectivity index is 2.42. The van der Waals surface area contributed by atoms with Crippen molar-refractivity contribution in [3.05, 3.63) is 39.4 Å². The molecule has 1 unspecified atom stereocenters. The third-order valence-corrected chi connectivity index (χ3v) is 4.28. The molecule has 1 saturated heterocycles. The monoisotopic (exact) mass is 362 g/mol. The van der Waals surface area contributed by atoms with Crippen LogP contribution in [0, 0.1) is 21.7 Å². The van der Waals surface area contributed by atoms with Crippen molar-refractivity contribution in [1.29, 1.82) is 0 Å². The topological polar surface area (TPSA) is 63.4 Å². The summed E-state index contributed by atoms with van der Waals surface area (Å²) in [5.74, 6) is -3.24. The number of carbonyl (C=O) groups is 1. The van der Waals surface area contributed by atoms with Gasteiger partial charge in [-0.3, -0.25) is 14.9 Å². The third-order valence-electron chi connectivity index (χ3n) is 3.53. The van der Waals surface area contributed by atoms with Gasteiger partial charge in [0.15, 0.2) is 11.6 Å². The molecule has 0 radical (unpaired) electrons. The van der Waals surface area contributed by atoms with Crippen LogP contribution in [0.2, 0.25) is 0 Å². The Hall–Kier alpha value is -1.57. The van der Waals surface area contributed by atoms with E-state index >= 15 is 0 Å². The molecular weight excluding hydrogens is 350 g/mol. The highest BCUT2D eigenvalue weighted by atomic mass is 79.9. The molecule has 0 spiro atoms. The van der Waals surface area contributed by atoms with Gasteiger partial charge >= 0.3 is 0 Å². The number of nitrogens with zero attached hydrogens (tertiary/aromatic N) is 2. The highest BCUT2D eigenvalue weighted by Crippen LogP contribution is 2.27. The summed E-state index contributed by atoms with van der Waals surface area (Å²) in [6.07, 6.45) is 2.51. The first-order valence-electron chi connectivity index (χ1n) is 6.46. The summed E-state index contributed by atoms with van der Waals surface area (Å²) in [5.41, 5.74) is -1.12. The predicted molar refractivity (Wildman–Crippen MR) is 75.5 cm³/mol. The standard InChI is InChI=1S/C13H13BrF2N2O3/c14-7-8-3-1-2-4-17(8)13(19)9-5-10(15)11(16)6-12(9)18(20)21/h5-6,8H,1-4,7H2. The fraction of sp³-hybridized carbons (Fsp3) is 0.462. The Morgan fingerprint density at radius 2 is 2.05 bits per heavy atom. The van der Waals surface area contributed by atoms with E-state index in [0.29, 0.717) is 24.0 Å². The molecule has 21 heavy (non-hydrogen) atoms. The zero-order valence-corrected chi connectivity index (χ0v) is 12.6. The first-order valence-corrected chi connectivity index (χ1v) is 7.58. The number of rotatable bonds is 3. The van der Waals surface area contributed by atoms with Crippen LogP contribution in [0.25, 0.3) is 0 Å². The lowest BCUT2D eigenvalue weighted by Crippen LogP contribution is -2.44. The minimum atomic E-state index is -1.34. The SMILES string of the molecule is O=C(c1cc(F)c(F)cc1[N+](=O)[O-])N1CCCCC1CBr. The molecule has 1 aliphatic heterocycles. The second-order valence-electron chi connectivity index (χ2n) is 4.84. The molecule has 0 N–H and O–H groups in total. The number of carbonyl (C=O) groups excluding carboxylic acids is 1. The average Bonchev–Trinajstić information content (AvgIpc) is 2.48. The van der Waals surface area contributed by atoms with E-state index in [1.807, 2.05) is 0 Å². The lowest BCUT2D eigenvalue weighted by Gasteiger charge is -2.34. The molecule has 1 heterocycles. The lowest BCUT2D eigenvalue weighted by atomic mass is 10.0. The Kier molecular flexibility index (Phi) is 4.87. The Morgan fingerprint density at radius 3 is 2.67 bits per heavy atom. The average molecular weight is 363 g/mol.